The first-order valence-corrected chi connectivity index (χ1v) is 6.30. The third kappa shape index (κ3) is 2.92. The van der Waals surface area contributed by atoms with Crippen LogP contribution in [0, 0.1) is 0 Å². The summed E-state index contributed by atoms with van der Waals surface area (Å²) in [5.74, 6) is 0. The fourth-order valence-corrected chi connectivity index (χ4v) is 2.79. The van der Waals surface area contributed by atoms with Gasteiger partial charge in [-0.15, -0.1) is 0 Å². The van der Waals surface area contributed by atoms with Crippen LogP contribution in [0.4, 0.5) is 0 Å². The maximum absolute atomic E-state index is 6.36. The van der Waals surface area contributed by atoms with E-state index in [4.69, 9.17) is 10.5 Å². The van der Waals surface area contributed by atoms with E-state index < -0.39 is 0 Å². The summed E-state index contributed by atoms with van der Waals surface area (Å²) in [4.78, 5) is 2.52. The Hall–Kier alpha value is -0.120. The molecule has 1 heterocycles. The van der Waals surface area contributed by atoms with Crippen molar-refractivity contribution in [1.82, 2.24) is 4.90 Å². The van der Waals surface area contributed by atoms with Crippen molar-refractivity contribution in [2.24, 2.45) is 5.73 Å². The molecule has 0 aromatic carbocycles. The highest BCUT2D eigenvalue weighted by atomic mass is 16.5. The van der Waals surface area contributed by atoms with Crippen LogP contribution in [-0.2, 0) is 4.74 Å². The van der Waals surface area contributed by atoms with Gasteiger partial charge in [0.25, 0.3) is 0 Å². The summed E-state index contributed by atoms with van der Waals surface area (Å²) in [6.45, 7) is 6.26. The highest BCUT2D eigenvalue weighted by Crippen LogP contribution is 2.30. The van der Waals surface area contributed by atoms with Gasteiger partial charge in [0, 0.05) is 24.7 Å². The molecule has 0 bridgehead atoms. The summed E-state index contributed by atoms with van der Waals surface area (Å²) in [7, 11) is 0. The minimum atomic E-state index is 0.151. The lowest BCUT2D eigenvalue weighted by molar-refractivity contribution is -0.00318. The van der Waals surface area contributed by atoms with Gasteiger partial charge in [0.1, 0.15) is 0 Å². The molecule has 3 heteroatoms. The van der Waals surface area contributed by atoms with Gasteiger partial charge in [-0.25, -0.2) is 0 Å². The van der Waals surface area contributed by atoms with Gasteiger partial charge in [-0.2, -0.15) is 0 Å². The second kappa shape index (κ2) is 4.81. The summed E-state index contributed by atoms with van der Waals surface area (Å²) in [6.07, 6.45) is 6.28. The van der Waals surface area contributed by atoms with Crippen LogP contribution < -0.4 is 5.73 Å². The van der Waals surface area contributed by atoms with E-state index in [9.17, 15) is 0 Å². The van der Waals surface area contributed by atoms with E-state index in [1.165, 1.54) is 25.7 Å². The van der Waals surface area contributed by atoms with Crippen molar-refractivity contribution >= 4 is 0 Å². The van der Waals surface area contributed by atoms with Gasteiger partial charge in [-0.3, -0.25) is 4.90 Å². The Morgan fingerprint density at radius 3 is 2.80 bits per heavy atom. The lowest BCUT2D eigenvalue weighted by Crippen LogP contribution is -2.47. The molecular formula is C12H24N2O. The Balaban J connectivity index is 1.76. The van der Waals surface area contributed by atoms with Gasteiger partial charge < -0.3 is 10.5 Å². The fourth-order valence-electron chi connectivity index (χ4n) is 2.79. The van der Waals surface area contributed by atoms with E-state index >= 15 is 0 Å². The lowest BCUT2D eigenvalue weighted by atomic mass is 9.94. The molecule has 1 saturated heterocycles. The average molecular weight is 212 g/mol. The van der Waals surface area contributed by atoms with Gasteiger partial charge in [0.15, 0.2) is 0 Å². The van der Waals surface area contributed by atoms with Crippen molar-refractivity contribution in [2.75, 3.05) is 26.3 Å². The first-order valence-electron chi connectivity index (χ1n) is 6.30. The van der Waals surface area contributed by atoms with Gasteiger partial charge in [-0.05, 0) is 26.2 Å². The molecule has 0 aromatic heterocycles. The number of nitrogens with zero attached hydrogens (tertiary/aromatic N) is 1. The number of hydrogen-bond donors (Lipinski definition) is 1. The molecule has 1 aliphatic heterocycles. The molecule has 3 nitrogen and oxygen atoms in total. The van der Waals surface area contributed by atoms with Gasteiger partial charge in [-0.1, -0.05) is 12.8 Å². The molecule has 2 fully saturated rings. The molecule has 2 N–H and O–H groups in total. The highest BCUT2D eigenvalue weighted by Gasteiger charge is 2.30. The molecule has 1 saturated carbocycles. The Labute approximate surface area is 93.0 Å². The predicted molar refractivity (Wildman–Crippen MR) is 61.9 cm³/mol. The molecule has 2 aliphatic rings. The number of rotatable bonds is 3. The zero-order valence-electron chi connectivity index (χ0n) is 9.87. The maximum Gasteiger partial charge on any atom is 0.0619 e. The summed E-state index contributed by atoms with van der Waals surface area (Å²) in [5.41, 5.74) is 6.51. The summed E-state index contributed by atoms with van der Waals surface area (Å²) >= 11 is 0. The van der Waals surface area contributed by atoms with Crippen LogP contribution in [-0.4, -0.2) is 42.8 Å². The quantitative estimate of drug-likeness (QED) is 0.768. The SMILES string of the molecule is CC1COCCN1CCC1(N)CCCC1. The second-order valence-corrected chi connectivity index (χ2v) is 5.28. The van der Waals surface area contributed by atoms with Crippen LogP contribution in [0.2, 0.25) is 0 Å². The minimum Gasteiger partial charge on any atom is -0.379 e. The minimum absolute atomic E-state index is 0.151. The Kier molecular flexibility index (Phi) is 3.65. The molecule has 1 aliphatic carbocycles. The van der Waals surface area contributed by atoms with E-state index in [1.54, 1.807) is 0 Å². The first kappa shape index (κ1) is 11.4. The van der Waals surface area contributed by atoms with Crippen molar-refractivity contribution in [3.05, 3.63) is 0 Å². The first-order chi connectivity index (χ1) is 7.20. The maximum atomic E-state index is 6.36. The molecule has 15 heavy (non-hydrogen) atoms. The largest absolute Gasteiger partial charge is 0.379 e. The van der Waals surface area contributed by atoms with Crippen LogP contribution in [0.25, 0.3) is 0 Å². The number of nitrogens with two attached hydrogens (primary N) is 1. The monoisotopic (exact) mass is 212 g/mol. The average Bonchev–Trinajstić information content (AvgIpc) is 2.65. The van der Waals surface area contributed by atoms with Crippen molar-refractivity contribution in [1.29, 1.82) is 0 Å². The number of morpholine rings is 1. The van der Waals surface area contributed by atoms with E-state index in [-0.39, 0.29) is 5.54 Å². The van der Waals surface area contributed by atoms with Crippen molar-refractivity contribution in [3.8, 4) is 0 Å². The van der Waals surface area contributed by atoms with Crippen molar-refractivity contribution in [2.45, 2.75) is 50.6 Å². The van der Waals surface area contributed by atoms with Crippen molar-refractivity contribution in [3.63, 3.8) is 0 Å². The molecule has 0 radical (unpaired) electrons. The fraction of sp³-hybridized carbons (Fsp3) is 1.00. The molecule has 1 unspecified atom stereocenters. The third-order valence-electron chi connectivity index (χ3n) is 4.00. The molecule has 0 spiro atoms. The van der Waals surface area contributed by atoms with Crippen LogP contribution in [0.3, 0.4) is 0 Å². The van der Waals surface area contributed by atoms with Crippen LogP contribution in [0.15, 0.2) is 0 Å². The topological polar surface area (TPSA) is 38.5 Å². The smallest absolute Gasteiger partial charge is 0.0619 e. The summed E-state index contributed by atoms with van der Waals surface area (Å²) in [6, 6.07) is 0.573. The van der Waals surface area contributed by atoms with E-state index in [2.05, 4.69) is 11.8 Å². The normalized spacial score (nSPS) is 32.0. The standard InChI is InChI=1S/C12H24N2O/c1-11-10-15-9-8-14(11)7-6-12(13)4-2-3-5-12/h11H,2-10,13H2,1H3. The van der Waals surface area contributed by atoms with Crippen LogP contribution in [0.1, 0.15) is 39.0 Å². The van der Waals surface area contributed by atoms with Crippen LogP contribution in [0.5, 0.6) is 0 Å². The Bertz CT molecular complexity index is 202. The second-order valence-electron chi connectivity index (χ2n) is 5.28. The van der Waals surface area contributed by atoms with Gasteiger partial charge >= 0.3 is 0 Å². The van der Waals surface area contributed by atoms with Gasteiger partial charge in [0.05, 0.1) is 13.2 Å². The predicted octanol–water partition coefficient (Wildman–Crippen LogP) is 1.37. The summed E-state index contributed by atoms with van der Waals surface area (Å²) < 4.78 is 5.44. The number of ether oxygens (including phenoxy) is 1. The van der Waals surface area contributed by atoms with E-state index in [1.807, 2.05) is 0 Å². The Morgan fingerprint density at radius 1 is 1.40 bits per heavy atom. The third-order valence-corrected chi connectivity index (χ3v) is 4.00. The van der Waals surface area contributed by atoms with E-state index in [0.29, 0.717) is 6.04 Å². The molecule has 88 valence electrons. The number of hydrogen-bond acceptors (Lipinski definition) is 3. The molecular weight excluding hydrogens is 188 g/mol. The summed E-state index contributed by atoms with van der Waals surface area (Å²) in [5, 5.41) is 0. The van der Waals surface area contributed by atoms with Gasteiger partial charge in [0.2, 0.25) is 0 Å². The lowest BCUT2D eigenvalue weighted by Gasteiger charge is -2.35. The molecule has 0 amide bonds. The molecule has 2 rings (SSSR count). The van der Waals surface area contributed by atoms with Crippen molar-refractivity contribution < 1.29 is 4.74 Å². The van der Waals surface area contributed by atoms with Crippen LogP contribution >= 0.6 is 0 Å². The zero-order chi connectivity index (χ0) is 10.7. The Morgan fingerprint density at radius 2 is 2.13 bits per heavy atom. The molecule has 1 atom stereocenters. The molecule has 0 aromatic rings. The zero-order valence-corrected chi connectivity index (χ0v) is 9.87. The highest BCUT2D eigenvalue weighted by molar-refractivity contribution is 4.90. The van der Waals surface area contributed by atoms with E-state index in [0.717, 1.165) is 32.7 Å².